The molecule has 1 amide bonds. The SMILES string of the molecule is COc1cc(C=C2SC(=S)N(C)C2=O)ccc1OP(=O)(O)O. The number of benzene rings is 1. The van der Waals surface area contributed by atoms with Crippen molar-refractivity contribution in [2.45, 2.75) is 0 Å². The molecule has 0 aromatic heterocycles. The number of amides is 1. The second-order valence-electron chi connectivity index (χ2n) is 4.23. The Morgan fingerprint density at radius 3 is 2.55 bits per heavy atom. The summed E-state index contributed by atoms with van der Waals surface area (Å²) in [5, 5.41) is 0. The Bertz CT molecular complexity index is 714. The van der Waals surface area contributed by atoms with Gasteiger partial charge in [-0.2, -0.15) is 0 Å². The Morgan fingerprint density at radius 1 is 1.36 bits per heavy atom. The fourth-order valence-electron chi connectivity index (χ4n) is 1.67. The number of ether oxygens (including phenoxy) is 1. The van der Waals surface area contributed by atoms with Crippen LogP contribution in [0.2, 0.25) is 0 Å². The number of carbonyl (C=O) groups is 1. The number of hydrogen-bond donors (Lipinski definition) is 2. The quantitative estimate of drug-likeness (QED) is 0.478. The predicted octanol–water partition coefficient (Wildman–Crippen LogP) is 2.00. The summed E-state index contributed by atoms with van der Waals surface area (Å²) in [6, 6.07) is 4.42. The number of carbonyl (C=O) groups excluding carboxylic acids is 1. The van der Waals surface area contributed by atoms with E-state index in [-0.39, 0.29) is 17.4 Å². The maximum Gasteiger partial charge on any atom is 0.524 e. The van der Waals surface area contributed by atoms with E-state index in [1.165, 1.54) is 35.9 Å². The molecule has 1 aliphatic heterocycles. The van der Waals surface area contributed by atoms with Crippen molar-refractivity contribution in [1.29, 1.82) is 0 Å². The van der Waals surface area contributed by atoms with Crippen molar-refractivity contribution in [3.05, 3.63) is 28.7 Å². The van der Waals surface area contributed by atoms with Gasteiger partial charge >= 0.3 is 7.82 Å². The molecule has 2 N–H and O–H groups in total. The molecule has 1 aromatic rings. The van der Waals surface area contributed by atoms with Crippen molar-refractivity contribution in [3.8, 4) is 11.5 Å². The number of nitrogens with zero attached hydrogens (tertiary/aromatic N) is 1. The van der Waals surface area contributed by atoms with E-state index in [9.17, 15) is 9.36 Å². The Kier molecular flexibility index (Phi) is 4.93. The van der Waals surface area contributed by atoms with Gasteiger partial charge in [0.1, 0.15) is 4.32 Å². The van der Waals surface area contributed by atoms with Crippen molar-refractivity contribution >= 4 is 48.1 Å². The highest BCUT2D eigenvalue weighted by molar-refractivity contribution is 8.26. The number of thioether (sulfide) groups is 1. The highest BCUT2D eigenvalue weighted by Gasteiger charge is 2.28. The highest BCUT2D eigenvalue weighted by Crippen LogP contribution is 2.42. The molecule has 118 valence electrons. The van der Waals surface area contributed by atoms with Gasteiger partial charge in [0.05, 0.1) is 12.0 Å². The van der Waals surface area contributed by atoms with E-state index in [4.69, 9.17) is 26.7 Å². The highest BCUT2D eigenvalue weighted by atomic mass is 32.2. The van der Waals surface area contributed by atoms with Gasteiger partial charge in [-0.3, -0.25) is 19.5 Å². The van der Waals surface area contributed by atoms with Gasteiger partial charge in [0.2, 0.25) is 0 Å². The number of phosphoric acid groups is 1. The minimum absolute atomic E-state index is 0.0870. The fourth-order valence-corrected chi connectivity index (χ4v) is 3.26. The minimum Gasteiger partial charge on any atom is -0.493 e. The lowest BCUT2D eigenvalue weighted by Crippen LogP contribution is -2.22. The van der Waals surface area contributed by atoms with Crippen LogP contribution >= 0.6 is 31.8 Å². The molecule has 7 nitrogen and oxygen atoms in total. The summed E-state index contributed by atoms with van der Waals surface area (Å²) in [6.07, 6.45) is 1.62. The zero-order chi connectivity index (χ0) is 16.5. The lowest BCUT2D eigenvalue weighted by atomic mass is 10.2. The average molecular weight is 361 g/mol. The second kappa shape index (κ2) is 6.39. The third kappa shape index (κ3) is 3.88. The maximum absolute atomic E-state index is 11.9. The van der Waals surface area contributed by atoms with Crippen LogP contribution in [0.25, 0.3) is 6.08 Å². The summed E-state index contributed by atoms with van der Waals surface area (Å²) in [5.74, 6) is -0.149. The van der Waals surface area contributed by atoms with Crippen molar-refractivity contribution in [2.24, 2.45) is 0 Å². The van der Waals surface area contributed by atoms with Gasteiger partial charge < -0.3 is 9.26 Å². The van der Waals surface area contributed by atoms with Crippen LogP contribution in [0, 0.1) is 0 Å². The smallest absolute Gasteiger partial charge is 0.493 e. The number of thiocarbonyl (C=S) groups is 1. The molecule has 1 heterocycles. The molecule has 0 bridgehead atoms. The lowest BCUT2D eigenvalue weighted by molar-refractivity contribution is -0.121. The standard InChI is InChI=1S/C12H12NO6PS2/c1-13-11(14)10(22-12(13)21)6-7-3-4-8(9(5-7)18-2)19-20(15,16)17/h3-6H,1-2H3,(H2,15,16,17). The van der Waals surface area contributed by atoms with Crippen LogP contribution in [0.3, 0.4) is 0 Å². The molecule has 0 atom stereocenters. The molecular formula is C12H12NO6PS2. The van der Waals surface area contributed by atoms with Gasteiger partial charge in [-0.05, 0) is 23.8 Å². The fraction of sp³-hybridized carbons (Fsp3) is 0.167. The molecule has 1 saturated heterocycles. The summed E-state index contributed by atoms with van der Waals surface area (Å²) >= 11 is 6.21. The summed E-state index contributed by atoms with van der Waals surface area (Å²) in [6.45, 7) is 0. The topological polar surface area (TPSA) is 96.3 Å². The van der Waals surface area contributed by atoms with Crippen molar-refractivity contribution in [1.82, 2.24) is 4.90 Å². The van der Waals surface area contributed by atoms with Gasteiger partial charge in [-0.15, -0.1) is 0 Å². The molecule has 22 heavy (non-hydrogen) atoms. The van der Waals surface area contributed by atoms with Gasteiger partial charge in [-0.1, -0.05) is 30.0 Å². The van der Waals surface area contributed by atoms with E-state index in [1.807, 2.05) is 0 Å². The zero-order valence-electron chi connectivity index (χ0n) is 11.5. The van der Waals surface area contributed by atoms with Crippen LogP contribution in [0.1, 0.15) is 5.56 Å². The van der Waals surface area contributed by atoms with E-state index in [0.717, 1.165) is 0 Å². The van der Waals surface area contributed by atoms with E-state index in [0.29, 0.717) is 14.8 Å². The molecule has 0 unspecified atom stereocenters. The molecule has 2 rings (SSSR count). The summed E-state index contributed by atoms with van der Waals surface area (Å²) in [5.41, 5.74) is 0.615. The first-order valence-corrected chi connectivity index (χ1v) is 8.61. The number of phosphoric ester groups is 1. The molecule has 0 radical (unpaired) electrons. The van der Waals surface area contributed by atoms with Crippen LogP contribution < -0.4 is 9.26 Å². The first-order valence-electron chi connectivity index (χ1n) is 5.86. The number of hydrogen-bond acceptors (Lipinski definition) is 6. The van der Waals surface area contributed by atoms with Gasteiger partial charge in [0.15, 0.2) is 11.5 Å². The van der Waals surface area contributed by atoms with Crippen LogP contribution in [0.5, 0.6) is 11.5 Å². The van der Waals surface area contributed by atoms with Crippen LogP contribution in [-0.4, -0.2) is 39.1 Å². The summed E-state index contributed by atoms with van der Waals surface area (Å²) in [4.78, 5) is 31.4. The largest absolute Gasteiger partial charge is 0.524 e. The van der Waals surface area contributed by atoms with Crippen molar-refractivity contribution in [2.75, 3.05) is 14.2 Å². The zero-order valence-corrected chi connectivity index (χ0v) is 14.1. The van der Waals surface area contributed by atoms with Gasteiger partial charge in [0, 0.05) is 7.05 Å². The number of rotatable bonds is 4. The third-order valence-electron chi connectivity index (χ3n) is 2.69. The summed E-state index contributed by atoms with van der Waals surface area (Å²) in [7, 11) is -1.74. The molecule has 0 spiro atoms. The molecule has 1 aromatic carbocycles. The van der Waals surface area contributed by atoms with Crippen molar-refractivity contribution < 1.29 is 28.4 Å². The molecule has 10 heteroatoms. The first-order chi connectivity index (χ1) is 10.2. The normalized spacial score (nSPS) is 17.3. The molecular weight excluding hydrogens is 349 g/mol. The minimum atomic E-state index is -4.68. The Morgan fingerprint density at radius 2 is 2.05 bits per heavy atom. The average Bonchev–Trinajstić information content (AvgIpc) is 2.66. The van der Waals surface area contributed by atoms with Gasteiger partial charge in [-0.25, -0.2) is 4.57 Å². The van der Waals surface area contributed by atoms with Gasteiger partial charge in [0.25, 0.3) is 5.91 Å². The van der Waals surface area contributed by atoms with E-state index < -0.39 is 7.82 Å². The third-order valence-corrected chi connectivity index (χ3v) is 4.61. The van der Waals surface area contributed by atoms with E-state index >= 15 is 0 Å². The monoisotopic (exact) mass is 361 g/mol. The predicted molar refractivity (Wildman–Crippen MR) is 86.6 cm³/mol. The Labute approximate surface area is 136 Å². The number of methoxy groups -OCH3 is 1. The first kappa shape index (κ1) is 17.0. The Balaban J connectivity index is 2.33. The van der Waals surface area contributed by atoms with Crippen molar-refractivity contribution in [3.63, 3.8) is 0 Å². The Hall–Kier alpha value is -1.38. The number of likely N-dealkylation sites (N-methyl/N-ethyl adjacent to an activating group) is 1. The maximum atomic E-state index is 11.9. The molecule has 0 aliphatic carbocycles. The molecule has 1 aliphatic rings. The van der Waals surface area contributed by atoms with E-state index in [1.54, 1.807) is 19.2 Å². The van der Waals surface area contributed by atoms with E-state index in [2.05, 4.69) is 4.52 Å². The summed E-state index contributed by atoms with van der Waals surface area (Å²) < 4.78 is 20.9. The van der Waals surface area contributed by atoms with Crippen LogP contribution in [-0.2, 0) is 9.36 Å². The lowest BCUT2D eigenvalue weighted by Gasteiger charge is -2.11. The molecule has 1 fully saturated rings. The van der Waals surface area contributed by atoms with Crippen LogP contribution in [0.4, 0.5) is 0 Å². The van der Waals surface area contributed by atoms with Crippen LogP contribution in [0.15, 0.2) is 23.1 Å². The molecule has 0 saturated carbocycles. The second-order valence-corrected chi connectivity index (χ2v) is 7.07.